The first-order chi connectivity index (χ1) is 15.6. The Bertz CT molecular complexity index is 1030. The Balaban J connectivity index is 1.65. The molecule has 7 nitrogen and oxygen atoms in total. The van der Waals surface area contributed by atoms with E-state index in [0.29, 0.717) is 42.5 Å². The van der Waals surface area contributed by atoms with E-state index in [1.165, 1.54) is 15.9 Å². The number of rotatable bonds is 4. The summed E-state index contributed by atoms with van der Waals surface area (Å²) in [5.74, 6) is 0. The average Bonchev–Trinajstić information content (AvgIpc) is 3.09. The number of hydrogen-bond donors (Lipinski definition) is 1. The Kier molecular flexibility index (Phi) is 6.40. The largest absolute Gasteiger partial charge is 0.465 e. The van der Waals surface area contributed by atoms with Gasteiger partial charge in [0.25, 0.3) is 0 Å². The number of carbonyl (C=O) groups is 2. The van der Waals surface area contributed by atoms with Crippen LogP contribution in [0.1, 0.15) is 17.2 Å². The molecule has 11 heteroatoms. The van der Waals surface area contributed by atoms with E-state index in [4.69, 9.17) is 21.4 Å². The molecule has 1 N–H and O–H groups in total. The maximum atomic E-state index is 13.4. The first-order valence-electron chi connectivity index (χ1n) is 10.3. The highest BCUT2D eigenvalue weighted by molar-refractivity contribution is 6.30. The molecule has 0 aliphatic carbocycles. The molecule has 2 saturated heterocycles. The number of anilines is 1. The summed E-state index contributed by atoms with van der Waals surface area (Å²) in [5, 5.41) is 9.59. The number of piperazine rings is 1. The van der Waals surface area contributed by atoms with Gasteiger partial charge < -0.3 is 14.7 Å². The van der Waals surface area contributed by atoms with E-state index in [1.54, 1.807) is 30.3 Å². The smallest absolute Gasteiger partial charge is 0.416 e. The summed E-state index contributed by atoms with van der Waals surface area (Å²) in [7, 11) is 0. The molecule has 176 valence electrons. The molecule has 33 heavy (non-hydrogen) atoms. The van der Waals surface area contributed by atoms with E-state index in [1.807, 2.05) is 4.90 Å². The van der Waals surface area contributed by atoms with Crippen LogP contribution in [0.3, 0.4) is 0 Å². The maximum Gasteiger partial charge on any atom is 0.416 e. The van der Waals surface area contributed by atoms with Crippen LogP contribution >= 0.6 is 11.6 Å². The van der Waals surface area contributed by atoms with Crippen molar-refractivity contribution in [1.29, 1.82) is 0 Å². The summed E-state index contributed by atoms with van der Waals surface area (Å²) in [4.78, 5) is 28.6. The highest BCUT2D eigenvalue weighted by Gasteiger charge is 2.45. The van der Waals surface area contributed by atoms with Crippen LogP contribution in [0.15, 0.2) is 48.5 Å². The summed E-state index contributed by atoms with van der Waals surface area (Å²) in [5.41, 5.74) is -0.0750. The molecule has 0 saturated carbocycles. The molecule has 0 unspecified atom stereocenters. The number of alkyl halides is 3. The Morgan fingerprint density at radius 3 is 2.36 bits per heavy atom. The number of nitrogens with zero attached hydrogens (tertiary/aromatic N) is 3. The van der Waals surface area contributed by atoms with Crippen molar-refractivity contribution in [2.45, 2.75) is 18.3 Å². The van der Waals surface area contributed by atoms with Crippen molar-refractivity contribution in [3.05, 3.63) is 64.7 Å². The molecular weight excluding hydrogens is 463 g/mol. The Labute approximate surface area is 192 Å². The number of halogens is 4. The summed E-state index contributed by atoms with van der Waals surface area (Å²) in [6, 6.07) is 10.5. The number of amides is 2. The zero-order chi connectivity index (χ0) is 23.8. The van der Waals surface area contributed by atoms with Crippen molar-refractivity contribution in [3.8, 4) is 0 Å². The first kappa shape index (κ1) is 23.2. The second kappa shape index (κ2) is 9.11. The minimum Gasteiger partial charge on any atom is -0.465 e. The molecule has 2 aliphatic heterocycles. The normalized spacial score (nSPS) is 21.9. The minimum absolute atomic E-state index is 0.254. The summed E-state index contributed by atoms with van der Waals surface area (Å²) >= 11 is 5.96. The van der Waals surface area contributed by atoms with E-state index >= 15 is 0 Å². The lowest BCUT2D eigenvalue weighted by Crippen LogP contribution is -2.50. The summed E-state index contributed by atoms with van der Waals surface area (Å²) < 4.78 is 45.8. The highest BCUT2D eigenvalue weighted by atomic mass is 35.5. The second-order valence-corrected chi connectivity index (χ2v) is 8.34. The van der Waals surface area contributed by atoms with Crippen molar-refractivity contribution in [3.63, 3.8) is 0 Å². The van der Waals surface area contributed by atoms with Crippen molar-refractivity contribution in [2.75, 3.05) is 37.6 Å². The summed E-state index contributed by atoms with van der Waals surface area (Å²) in [6.45, 7) is 1.70. The van der Waals surface area contributed by atoms with Gasteiger partial charge in [-0.1, -0.05) is 23.7 Å². The van der Waals surface area contributed by atoms with Gasteiger partial charge in [0, 0.05) is 43.4 Å². The zero-order valence-corrected chi connectivity index (χ0v) is 18.1. The third-order valence-electron chi connectivity index (χ3n) is 5.82. The van der Waals surface area contributed by atoms with Gasteiger partial charge >= 0.3 is 18.4 Å². The lowest BCUT2D eigenvalue weighted by molar-refractivity contribution is -0.137. The molecule has 2 heterocycles. The second-order valence-electron chi connectivity index (χ2n) is 7.91. The van der Waals surface area contributed by atoms with Gasteiger partial charge in [0.2, 0.25) is 0 Å². The monoisotopic (exact) mass is 483 g/mol. The predicted molar refractivity (Wildman–Crippen MR) is 114 cm³/mol. The van der Waals surface area contributed by atoms with E-state index in [0.717, 1.165) is 12.1 Å². The third-order valence-corrected chi connectivity index (χ3v) is 6.07. The highest BCUT2D eigenvalue weighted by Crippen LogP contribution is 2.40. The van der Waals surface area contributed by atoms with Crippen LogP contribution < -0.4 is 4.90 Å². The lowest BCUT2D eigenvalue weighted by atomic mass is 9.97. The molecule has 0 aromatic heterocycles. The molecule has 2 fully saturated rings. The molecule has 2 atom stereocenters. The molecule has 0 bridgehead atoms. The molecule has 4 rings (SSSR count). The van der Waals surface area contributed by atoms with E-state index in [-0.39, 0.29) is 6.54 Å². The fourth-order valence-corrected chi connectivity index (χ4v) is 4.30. The minimum atomic E-state index is -4.53. The van der Waals surface area contributed by atoms with E-state index < -0.39 is 36.1 Å². The molecular formula is C22H21ClF3N3O4. The first-order valence-corrected chi connectivity index (χ1v) is 10.6. The number of carbonyl (C=O) groups excluding carboxylic acids is 1. The predicted octanol–water partition coefficient (Wildman–Crippen LogP) is 4.72. The quantitative estimate of drug-likeness (QED) is 0.681. The Hall–Kier alpha value is -2.98. The fraction of sp³-hybridized carbons (Fsp3) is 0.364. The number of ether oxygens (including phenoxy) is 1. The zero-order valence-electron chi connectivity index (χ0n) is 17.3. The van der Waals surface area contributed by atoms with Gasteiger partial charge in [0.15, 0.2) is 0 Å². The molecule has 0 spiro atoms. The summed E-state index contributed by atoms with van der Waals surface area (Å²) in [6.07, 6.45) is -6.97. The maximum absolute atomic E-state index is 13.4. The van der Waals surface area contributed by atoms with Crippen LogP contribution in [0.5, 0.6) is 0 Å². The van der Waals surface area contributed by atoms with Crippen LogP contribution in [-0.2, 0) is 10.9 Å². The van der Waals surface area contributed by atoms with Gasteiger partial charge in [-0.2, -0.15) is 13.2 Å². The third kappa shape index (κ3) is 5.01. The number of carboxylic acid groups (broad SMARTS) is 1. The van der Waals surface area contributed by atoms with E-state index in [2.05, 4.69) is 0 Å². The van der Waals surface area contributed by atoms with Crippen molar-refractivity contribution in [1.82, 2.24) is 9.80 Å². The average molecular weight is 484 g/mol. The molecule has 2 aliphatic rings. The van der Waals surface area contributed by atoms with Gasteiger partial charge in [-0.05, 0) is 42.0 Å². The molecule has 2 aromatic carbocycles. The molecule has 0 radical (unpaired) electrons. The van der Waals surface area contributed by atoms with Crippen LogP contribution in [0, 0.1) is 0 Å². The van der Waals surface area contributed by atoms with Crippen LogP contribution in [0.4, 0.5) is 28.4 Å². The Morgan fingerprint density at radius 1 is 1.09 bits per heavy atom. The number of benzene rings is 2. The Morgan fingerprint density at radius 2 is 1.76 bits per heavy atom. The topological polar surface area (TPSA) is 73.3 Å². The number of hydrogen-bond acceptors (Lipinski definition) is 4. The van der Waals surface area contributed by atoms with Gasteiger partial charge in [-0.25, -0.2) is 9.59 Å². The van der Waals surface area contributed by atoms with Crippen LogP contribution in [-0.4, -0.2) is 65.9 Å². The van der Waals surface area contributed by atoms with Crippen LogP contribution in [0.25, 0.3) is 0 Å². The van der Waals surface area contributed by atoms with Crippen molar-refractivity contribution < 1.29 is 32.6 Å². The van der Waals surface area contributed by atoms with Gasteiger partial charge in [-0.3, -0.25) is 9.80 Å². The standard InChI is InChI=1S/C22H21ClF3N3O4/c23-16-4-6-17(7-5-16)29-19(14-2-1-3-15(12-14)22(24,25)26)18(33-21(29)32)13-27-8-10-28(11-9-27)20(30)31/h1-7,12,18-19H,8-11,13H2,(H,30,31)/t18-,19-/m0/s1. The van der Waals surface area contributed by atoms with Gasteiger partial charge in [-0.15, -0.1) is 0 Å². The fourth-order valence-electron chi connectivity index (χ4n) is 4.17. The van der Waals surface area contributed by atoms with E-state index in [9.17, 15) is 22.8 Å². The van der Waals surface area contributed by atoms with Crippen molar-refractivity contribution >= 4 is 29.5 Å². The molecule has 2 aromatic rings. The molecule has 2 amide bonds. The lowest BCUT2D eigenvalue weighted by Gasteiger charge is -2.35. The SMILES string of the molecule is O=C(O)N1CCN(C[C@@H]2OC(=O)N(c3ccc(Cl)cc3)[C@H]2c2cccc(C(F)(F)F)c2)CC1. The van der Waals surface area contributed by atoms with Gasteiger partial charge in [0.05, 0.1) is 5.56 Å². The van der Waals surface area contributed by atoms with Gasteiger partial charge in [0.1, 0.15) is 12.1 Å². The van der Waals surface area contributed by atoms with Crippen LogP contribution in [0.2, 0.25) is 5.02 Å². The van der Waals surface area contributed by atoms with Crippen molar-refractivity contribution in [2.24, 2.45) is 0 Å². The number of cyclic esters (lactones) is 1.